The first kappa shape index (κ1) is 23.4. The first-order chi connectivity index (χ1) is 12.5. The van der Waals surface area contributed by atoms with Crippen LogP contribution in [-0.2, 0) is 9.47 Å². The molecule has 1 aromatic rings. The van der Waals surface area contributed by atoms with E-state index < -0.39 is 11.9 Å². The van der Waals surface area contributed by atoms with Crippen molar-refractivity contribution in [3.63, 3.8) is 0 Å². The Hall–Kier alpha value is -0.590. The van der Waals surface area contributed by atoms with Crippen LogP contribution in [0.1, 0.15) is 21.0 Å². The Kier molecular flexibility index (Phi) is 12.2. The lowest BCUT2D eigenvalue weighted by atomic mass is 10.3. The van der Waals surface area contributed by atoms with Gasteiger partial charge in [-0.1, -0.05) is 6.07 Å². The molecular weight excluding hydrogens is 414 g/mol. The molecule has 0 amide bonds. The van der Waals surface area contributed by atoms with Crippen molar-refractivity contribution < 1.29 is 19.1 Å². The molecule has 0 atom stereocenters. The Morgan fingerprint density at radius 1 is 0.808 bits per heavy atom. The van der Waals surface area contributed by atoms with Crippen LogP contribution in [0.3, 0.4) is 0 Å². The summed E-state index contributed by atoms with van der Waals surface area (Å²) in [6.45, 7) is 1.37. The van der Waals surface area contributed by atoms with E-state index in [0.717, 1.165) is 0 Å². The third-order valence-corrected chi connectivity index (χ3v) is 4.85. The molecule has 146 valence electrons. The molecule has 0 unspecified atom stereocenters. The third-order valence-electron chi connectivity index (χ3n) is 3.25. The third kappa shape index (κ3) is 8.40. The number of carbonyl (C=O) groups is 2. The van der Waals surface area contributed by atoms with E-state index >= 15 is 0 Å². The van der Waals surface area contributed by atoms with Crippen LogP contribution in [0.25, 0.3) is 0 Å². The quantitative estimate of drug-likeness (QED) is 0.225. The van der Waals surface area contributed by atoms with Gasteiger partial charge in [0.2, 0.25) is 0 Å². The Labute approximate surface area is 175 Å². The second-order valence-corrected chi connectivity index (χ2v) is 6.17. The number of hydrogen-bond donors (Lipinski definition) is 4. The van der Waals surface area contributed by atoms with E-state index in [2.05, 4.69) is 55.5 Å². The maximum Gasteiger partial charge on any atom is 0.356 e. The van der Waals surface area contributed by atoms with Gasteiger partial charge in [-0.2, -0.15) is 50.5 Å². The van der Waals surface area contributed by atoms with E-state index in [9.17, 15) is 9.59 Å². The van der Waals surface area contributed by atoms with Crippen LogP contribution >= 0.6 is 50.5 Å². The summed E-state index contributed by atoms with van der Waals surface area (Å²) in [5.41, 5.74) is 0.102. The summed E-state index contributed by atoms with van der Waals surface area (Å²) in [6.07, 6.45) is 0. The smallest absolute Gasteiger partial charge is 0.356 e. The van der Waals surface area contributed by atoms with E-state index in [0.29, 0.717) is 36.6 Å². The molecule has 11 heteroatoms. The molecule has 0 saturated heterocycles. The van der Waals surface area contributed by atoms with Crippen LogP contribution in [0, 0.1) is 0 Å². The summed E-state index contributed by atoms with van der Waals surface area (Å²) >= 11 is 16.6. The van der Waals surface area contributed by atoms with Crippen molar-refractivity contribution in [3.05, 3.63) is 29.6 Å². The van der Waals surface area contributed by atoms with E-state index in [1.807, 2.05) is 9.80 Å². The number of hydrogen-bond acceptors (Lipinski definition) is 11. The minimum atomic E-state index is -0.603. The fourth-order valence-corrected chi connectivity index (χ4v) is 3.00. The number of thiol groups is 4. The monoisotopic (exact) mass is 437 g/mol. The molecule has 0 aromatic carbocycles. The van der Waals surface area contributed by atoms with Gasteiger partial charge in [-0.15, -0.1) is 0 Å². The van der Waals surface area contributed by atoms with Crippen LogP contribution in [-0.4, -0.2) is 76.5 Å². The average molecular weight is 438 g/mol. The highest BCUT2D eigenvalue weighted by Crippen LogP contribution is 2.05. The Morgan fingerprint density at radius 2 is 1.19 bits per heavy atom. The van der Waals surface area contributed by atoms with Gasteiger partial charge in [0.1, 0.15) is 24.6 Å². The van der Waals surface area contributed by atoms with Crippen LogP contribution in [0.5, 0.6) is 0 Å². The van der Waals surface area contributed by atoms with Crippen molar-refractivity contribution in [3.8, 4) is 0 Å². The molecule has 0 spiro atoms. The van der Waals surface area contributed by atoms with Gasteiger partial charge in [0.25, 0.3) is 0 Å². The number of nitrogens with zero attached hydrogens (tertiary/aromatic N) is 3. The summed E-state index contributed by atoms with van der Waals surface area (Å²) in [7, 11) is 0. The number of carbonyl (C=O) groups excluding carboxylic acids is 2. The van der Waals surface area contributed by atoms with E-state index in [1.54, 1.807) is 6.07 Å². The van der Waals surface area contributed by atoms with Crippen molar-refractivity contribution in [1.82, 2.24) is 14.8 Å². The fraction of sp³-hybridized carbons (Fsp3) is 0.533. The van der Waals surface area contributed by atoms with E-state index in [-0.39, 0.29) is 24.6 Å². The molecule has 0 aliphatic carbocycles. The minimum Gasteiger partial charge on any atom is -0.460 e. The first-order valence-electron chi connectivity index (χ1n) is 7.75. The summed E-state index contributed by atoms with van der Waals surface area (Å²) in [5.74, 6) is 0.844. The summed E-state index contributed by atoms with van der Waals surface area (Å²) in [4.78, 5) is 31.8. The number of ether oxygens (including phenoxy) is 2. The van der Waals surface area contributed by atoms with E-state index in [4.69, 9.17) is 9.47 Å². The van der Waals surface area contributed by atoms with Crippen LogP contribution in [0.4, 0.5) is 0 Å². The summed E-state index contributed by atoms with van der Waals surface area (Å²) < 4.78 is 10.3. The standard InChI is InChI=1S/C15H23N3O4S4/c19-14(21-6-4-17(8-23)9-24)12-2-1-3-13(16-12)15(20)22-7-5-18(10-25)11-26/h1-3,23-26H,4-11H2. The lowest BCUT2D eigenvalue weighted by Gasteiger charge is -2.16. The SMILES string of the molecule is O=C(OCCN(CS)CS)c1cccc(C(=O)OCCN(CS)CS)n1. The summed E-state index contributed by atoms with van der Waals surface area (Å²) in [5, 5.41) is 0. The zero-order chi connectivity index (χ0) is 19.4. The second kappa shape index (κ2) is 13.6. The second-order valence-electron chi connectivity index (χ2n) is 5.03. The number of pyridine rings is 1. The van der Waals surface area contributed by atoms with Gasteiger partial charge in [0.05, 0.1) is 0 Å². The van der Waals surface area contributed by atoms with Crippen molar-refractivity contribution in [2.75, 3.05) is 49.8 Å². The predicted molar refractivity (Wildman–Crippen MR) is 114 cm³/mol. The highest BCUT2D eigenvalue weighted by Gasteiger charge is 2.15. The molecule has 1 heterocycles. The molecule has 0 radical (unpaired) electrons. The van der Waals surface area contributed by atoms with Gasteiger partial charge in [0, 0.05) is 36.6 Å². The topological polar surface area (TPSA) is 72.0 Å². The molecule has 26 heavy (non-hydrogen) atoms. The van der Waals surface area contributed by atoms with Crippen molar-refractivity contribution >= 4 is 62.5 Å². The average Bonchev–Trinajstić information content (AvgIpc) is 2.68. The van der Waals surface area contributed by atoms with Gasteiger partial charge < -0.3 is 9.47 Å². The molecule has 0 bridgehead atoms. The lowest BCUT2D eigenvalue weighted by Crippen LogP contribution is -2.27. The number of esters is 2. The Balaban J connectivity index is 2.52. The maximum atomic E-state index is 12.0. The van der Waals surface area contributed by atoms with Gasteiger partial charge in [-0.3, -0.25) is 9.80 Å². The van der Waals surface area contributed by atoms with Crippen LogP contribution in [0.15, 0.2) is 18.2 Å². The molecule has 1 aromatic heterocycles. The maximum absolute atomic E-state index is 12.0. The number of rotatable bonds is 12. The van der Waals surface area contributed by atoms with Gasteiger partial charge in [0.15, 0.2) is 0 Å². The van der Waals surface area contributed by atoms with E-state index in [1.165, 1.54) is 12.1 Å². The van der Waals surface area contributed by atoms with Crippen molar-refractivity contribution in [2.24, 2.45) is 0 Å². The molecule has 0 aliphatic heterocycles. The summed E-state index contributed by atoms with van der Waals surface area (Å²) in [6, 6.07) is 4.52. The molecule has 0 saturated carbocycles. The zero-order valence-corrected chi connectivity index (χ0v) is 17.7. The molecule has 0 aliphatic rings. The van der Waals surface area contributed by atoms with Crippen molar-refractivity contribution in [1.29, 1.82) is 0 Å². The first-order valence-corrected chi connectivity index (χ1v) is 10.3. The number of aromatic nitrogens is 1. The van der Waals surface area contributed by atoms with Crippen LogP contribution < -0.4 is 0 Å². The Morgan fingerprint density at radius 3 is 1.54 bits per heavy atom. The fourth-order valence-electron chi connectivity index (χ4n) is 1.72. The predicted octanol–water partition coefficient (Wildman–Crippen LogP) is 1.55. The Bertz CT molecular complexity index is 526. The minimum absolute atomic E-state index is 0.0510. The molecule has 1 rings (SSSR count). The van der Waals surface area contributed by atoms with Gasteiger partial charge in [-0.05, 0) is 12.1 Å². The largest absolute Gasteiger partial charge is 0.460 e. The van der Waals surface area contributed by atoms with Gasteiger partial charge >= 0.3 is 11.9 Å². The molecule has 0 fully saturated rings. The van der Waals surface area contributed by atoms with Crippen molar-refractivity contribution in [2.45, 2.75) is 0 Å². The van der Waals surface area contributed by atoms with Gasteiger partial charge in [-0.25, -0.2) is 14.6 Å². The zero-order valence-electron chi connectivity index (χ0n) is 14.2. The molecular formula is C15H23N3O4S4. The normalized spacial score (nSPS) is 11.0. The lowest BCUT2D eigenvalue weighted by molar-refractivity contribution is 0.0463. The molecule has 7 nitrogen and oxygen atoms in total. The molecule has 0 N–H and O–H groups in total. The van der Waals surface area contributed by atoms with Crippen LogP contribution in [0.2, 0.25) is 0 Å². The highest BCUT2D eigenvalue weighted by molar-refractivity contribution is 7.81. The highest BCUT2D eigenvalue weighted by atomic mass is 32.1.